The Morgan fingerprint density at radius 2 is 1.92 bits per heavy atom. The number of likely N-dealkylation sites (tertiary alicyclic amines) is 1. The number of nitrogens with zero attached hydrogens (tertiary/aromatic N) is 2. The van der Waals surface area contributed by atoms with E-state index >= 15 is 0 Å². The zero-order valence-electron chi connectivity index (χ0n) is 21.1. The third kappa shape index (κ3) is 6.56. The van der Waals surface area contributed by atoms with E-state index in [9.17, 15) is 19.5 Å². The van der Waals surface area contributed by atoms with Gasteiger partial charge in [-0.15, -0.1) is 0 Å². The fourth-order valence-electron chi connectivity index (χ4n) is 4.94. The number of piperidine rings is 1. The molecule has 0 spiro atoms. The van der Waals surface area contributed by atoms with Crippen LogP contribution in [0.2, 0.25) is 10.0 Å². The third-order valence-electron chi connectivity index (χ3n) is 6.33. The van der Waals surface area contributed by atoms with E-state index in [2.05, 4.69) is 4.98 Å². The molecule has 4 unspecified atom stereocenters. The Bertz CT molecular complexity index is 1130. The van der Waals surface area contributed by atoms with Crippen molar-refractivity contribution >= 4 is 41.0 Å². The average Bonchev–Trinajstić information content (AvgIpc) is 2.74. The van der Waals surface area contributed by atoms with Crippen LogP contribution in [0.1, 0.15) is 77.1 Å². The lowest BCUT2D eigenvalue weighted by Crippen LogP contribution is -2.56. The highest BCUT2D eigenvalue weighted by Gasteiger charge is 2.52. The van der Waals surface area contributed by atoms with Crippen molar-refractivity contribution in [2.45, 2.75) is 77.5 Å². The lowest BCUT2D eigenvalue weighted by molar-refractivity contribution is -0.164. The fourth-order valence-corrected chi connectivity index (χ4v) is 5.25. The van der Waals surface area contributed by atoms with Crippen LogP contribution < -0.4 is 0 Å². The van der Waals surface area contributed by atoms with E-state index in [4.69, 9.17) is 27.9 Å². The minimum atomic E-state index is -1.20. The molecule has 0 radical (unpaired) electrons. The van der Waals surface area contributed by atoms with Crippen LogP contribution in [-0.4, -0.2) is 44.5 Å². The zero-order chi connectivity index (χ0) is 26.8. The normalized spacial score (nSPS) is 23.3. The number of benzene rings is 1. The molecule has 194 valence electrons. The number of esters is 1. The van der Waals surface area contributed by atoms with Crippen LogP contribution >= 0.6 is 23.2 Å². The van der Waals surface area contributed by atoms with Gasteiger partial charge in [0.25, 0.3) is 0 Å². The minimum Gasteiger partial charge on any atom is -0.481 e. The number of amides is 1. The fraction of sp³-hybridized carbons (Fsp3) is 0.481. The number of carbonyl (C=O) groups is 3. The van der Waals surface area contributed by atoms with Gasteiger partial charge in [-0.2, -0.15) is 0 Å². The Morgan fingerprint density at radius 1 is 1.22 bits per heavy atom. The molecule has 4 atom stereocenters. The Morgan fingerprint density at radius 3 is 2.47 bits per heavy atom. The highest BCUT2D eigenvalue weighted by atomic mass is 35.5. The first-order chi connectivity index (χ1) is 16.7. The van der Waals surface area contributed by atoms with E-state index in [1.54, 1.807) is 57.7 Å². The lowest BCUT2D eigenvalue weighted by Gasteiger charge is -2.50. The molecule has 1 fully saturated rings. The summed E-state index contributed by atoms with van der Waals surface area (Å²) in [5.74, 6) is -2.20. The molecule has 2 heterocycles. The lowest BCUT2D eigenvalue weighted by atomic mass is 9.67. The number of pyridine rings is 1. The molecule has 1 aromatic carbocycles. The molecule has 1 amide bonds. The molecule has 1 saturated heterocycles. The van der Waals surface area contributed by atoms with E-state index in [1.807, 2.05) is 18.2 Å². The number of carbonyl (C=O) groups excluding carboxylic acids is 2. The predicted octanol–water partition coefficient (Wildman–Crippen LogP) is 6.05. The van der Waals surface area contributed by atoms with Crippen molar-refractivity contribution in [2.24, 2.45) is 5.41 Å². The molecular weight excluding hydrogens is 503 g/mol. The van der Waals surface area contributed by atoms with Gasteiger partial charge >= 0.3 is 11.9 Å². The van der Waals surface area contributed by atoms with Crippen LogP contribution in [0.5, 0.6) is 0 Å². The number of ether oxygens (including phenoxy) is 1. The number of aliphatic carboxylic acids is 1. The van der Waals surface area contributed by atoms with Crippen LogP contribution in [-0.2, 0) is 19.1 Å². The highest BCUT2D eigenvalue weighted by Crippen LogP contribution is 2.51. The Labute approximate surface area is 221 Å². The van der Waals surface area contributed by atoms with E-state index in [0.717, 1.165) is 5.56 Å². The number of carboxylic acids is 1. The SMILES string of the molecule is CC(CC(=O)OC(C)(C)C)N1C(=O)C(C)(CC(=O)O)CC(c2cccc(Cl)c2)C1c1ccc(Cl)cn1. The average molecular weight is 535 g/mol. The first-order valence-corrected chi connectivity index (χ1v) is 12.6. The second kappa shape index (κ2) is 10.8. The van der Waals surface area contributed by atoms with Crippen LogP contribution in [0.25, 0.3) is 0 Å². The summed E-state index contributed by atoms with van der Waals surface area (Å²) in [5.41, 5.74) is -0.445. The van der Waals surface area contributed by atoms with Crippen molar-refractivity contribution in [2.75, 3.05) is 0 Å². The van der Waals surface area contributed by atoms with Crippen LogP contribution in [0.3, 0.4) is 0 Å². The standard InChI is InChI=1S/C27H32Cl2N2O5/c1-16(11-23(34)36-26(2,3)4)31-24(21-10-9-19(29)15-30-21)20(17-7-6-8-18(28)12-17)13-27(5,25(31)35)14-22(32)33/h6-10,12,15-16,20,24H,11,13-14H2,1-5H3,(H,32,33). The molecule has 0 aliphatic carbocycles. The summed E-state index contributed by atoms with van der Waals surface area (Å²) in [7, 11) is 0. The highest BCUT2D eigenvalue weighted by molar-refractivity contribution is 6.30. The summed E-state index contributed by atoms with van der Waals surface area (Å²) in [6.45, 7) is 8.77. The van der Waals surface area contributed by atoms with Crippen molar-refractivity contribution in [1.82, 2.24) is 9.88 Å². The molecular formula is C27H32Cl2N2O5. The van der Waals surface area contributed by atoms with Gasteiger partial charge < -0.3 is 14.7 Å². The summed E-state index contributed by atoms with van der Waals surface area (Å²) < 4.78 is 5.51. The van der Waals surface area contributed by atoms with Gasteiger partial charge in [0, 0.05) is 23.2 Å². The number of hydrogen-bond donors (Lipinski definition) is 1. The second-order valence-corrected chi connectivity index (χ2v) is 11.6. The summed E-state index contributed by atoms with van der Waals surface area (Å²) in [5, 5.41) is 10.6. The van der Waals surface area contributed by atoms with Crippen LogP contribution in [0, 0.1) is 5.41 Å². The monoisotopic (exact) mass is 534 g/mol. The number of hydrogen-bond acceptors (Lipinski definition) is 5. The number of aromatic nitrogens is 1. The Kier molecular flexibility index (Phi) is 8.36. The molecule has 3 rings (SSSR count). The van der Waals surface area contributed by atoms with Crippen molar-refractivity contribution in [3.05, 3.63) is 63.9 Å². The van der Waals surface area contributed by atoms with Gasteiger partial charge in [0.15, 0.2) is 0 Å². The van der Waals surface area contributed by atoms with E-state index < -0.39 is 35.0 Å². The van der Waals surface area contributed by atoms with Crippen LogP contribution in [0.15, 0.2) is 42.6 Å². The van der Waals surface area contributed by atoms with Gasteiger partial charge in [-0.25, -0.2) is 0 Å². The third-order valence-corrected chi connectivity index (χ3v) is 6.79. The molecule has 36 heavy (non-hydrogen) atoms. The van der Waals surface area contributed by atoms with E-state index in [0.29, 0.717) is 15.7 Å². The molecule has 7 nitrogen and oxygen atoms in total. The number of rotatable bonds is 7. The molecule has 1 aromatic heterocycles. The maximum atomic E-state index is 14.0. The van der Waals surface area contributed by atoms with Gasteiger partial charge in [0.2, 0.25) is 5.91 Å². The maximum absolute atomic E-state index is 14.0. The van der Waals surface area contributed by atoms with Gasteiger partial charge in [0.05, 0.1) is 35.0 Å². The van der Waals surface area contributed by atoms with E-state index in [1.165, 1.54) is 6.20 Å². The smallest absolute Gasteiger partial charge is 0.308 e. The van der Waals surface area contributed by atoms with E-state index in [-0.39, 0.29) is 31.1 Å². The predicted molar refractivity (Wildman–Crippen MR) is 138 cm³/mol. The van der Waals surface area contributed by atoms with Crippen molar-refractivity contribution in [1.29, 1.82) is 0 Å². The molecule has 0 bridgehead atoms. The summed E-state index contributed by atoms with van der Waals surface area (Å²) in [6.07, 6.45) is 1.37. The largest absolute Gasteiger partial charge is 0.481 e. The van der Waals surface area contributed by atoms with Crippen LogP contribution in [0.4, 0.5) is 0 Å². The van der Waals surface area contributed by atoms with Gasteiger partial charge in [-0.05, 0) is 63.9 Å². The quantitative estimate of drug-likeness (QED) is 0.434. The van der Waals surface area contributed by atoms with Gasteiger partial charge in [-0.1, -0.05) is 42.3 Å². The minimum absolute atomic E-state index is 0.0570. The zero-order valence-corrected chi connectivity index (χ0v) is 22.6. The molecule has 1 aliphatic rings. The topological polar surface area (TPSA) is 96.8 Å². The summed E-state index contributed by atoms with van der Waals surface area (Å²) in [6, 6.07) is 9.60. The van der Waals surface area contributed by atoms with Gasteiger partial charge in [0.1, 0.15) is 5.60 Å². The first kappa shape index (κ1) is 27.9. The Balaban J connectivity index is 2.15. The molecule has 1 N–H and O–H groups in total. The van der Waals surface area contributed by atoms with Crippen molar-refractivity contribution in [3.63, 3.8) is 0 Å². The van der Waals surface area contributed by atoms with Crippen molar-refractivity contribution in [3.8, 4) is 0 Å². The second-order valence-electron chi connectivity index (χ2n) is 10.7. The maximum Gasteiger partial charge on any atom is 0.308 e. The molecule has 0 saturated carbocycles. The number of halogens is 2. The van der Waals surface area contributed by atoms with Crippen molar-refractivity contribution < 1.29 is 24.2 Å². The molecule has 1 aliphatic heterocycles. The molecule has 9 heteroatoms. The Hall–Kier alpha value is -2.64. The molecule has 2 aromatic rings. The first-order valence-electron chi connectivity index (χ1n) is 11.8. The summed E-state index contributed by atoms with van der Waals surface area (Å²) >= 11 is 12.4. The number of carboxylic acid groups (broad SMARTS) is 1. The summed E-state index contributed by atoms with van der Waals surface area (Å²) in [4.78, 5) is 44.7. The van der Waals surface area contributed by atoms with Gasteiger partial charge in [-0.3, -0.25) is 19.4 Å².